The third-order valence-electron chi connectivity index (χ3n) is 5.27. The molecule has 0 bridgehead atoms. The molecule has 0 aromatic heterocycles. The minimum absolute atomic E-state index is 0.0337. The summed E-state index contributed by atoms with van der Waals surface area (Å²) in [6.07, 6.45) is 1.84. The molecule has 0 saturated carbocycles. The number of benzene rings is 2. The third-order valence-corrected chi connectivity index (χ3v) is 6.12. The third kappa shape index (κ3) is 5.69. The Bertz CT molecular complexity index is 1110. The quantitative estimate of drug-likeness (QED) is 0.285. The van der Waals surface area contributed by atoms with Crippen molar-refractivity contribution in [2.75, 3.05) is 19.8 Å². The molecule has 0 unspecified atom stereocenters. The van der Waals surface area contributed by atoms with E-state index in [1.54, 1.807) is 6.07 Å². The summed E-state index contributed by atoms with van der Waals surface area (Å²) in [5.74, 6) is -0.758. The van der Waals surface area contributed by atoms with E-state index >= 15 is 0 Å². The van der Waals surface area contributed by atoms with Gasteiger partial charge in [-0.2, -0.15) is 0 Å². The van der Waals surface area contributed by atoms with Crippen LogP contribution in [0.25, 0.3) is 0 Å². The molecule has 34 heavy (non-hydrogen) atoms. The van der Waals surface area contributed by atoms with Crippen molar-refractivity contribution < 1.29 is 23.9 Å². The molecule has 2 aromatic rings. The molecule has 2 aliphatic rings. The first-order chi connectivity index (χ1) is 16.5. The van der Waals surface area contributed by atoms with Crippen molar-refractivity contribution in [3.05, 3.63) is 48.0 Å². The van der Waals surface area contributed by atoms with Gasteiger partial charge in [-0.15, -0.1) is 0 Å². The van der Waals surface area contributed by atoms with Gasteiger partial charge in [0.25, 0.3) is 11.8 Å². The van der Waals surface area contributed by atoms with Crippen LogP contribution in [0.15, 0.2) is 52.4 Å². The predicted octanol–water partition coefficient (Wildman–Crippen LogP) is 2.31. The lowest BCUT2D eigenvalue weighted by Crippen LogP contribution is -2.52. The molecular weight excluding hydrogens is 456 g/mol. The lowest BCUT2D eigenvalue weighted by Gasteiger charge is -2.23. The SMILES string of the molecule is CCCCNC(=O)C(=O)[C@H](Cc1ccccc1)NC(=O)C1=Nc2cc3c(cc2SN1)OCCO3. The number of fused-ring (bicyclic) bond motifs is 2. The Hall–Kier alpha value is -3.53. The number of unbranched alkanes of at least 4 members (excludes halogenated alkanes) is 1. The summed E-state index contributed by atoms with van der Waals surface area (Å²) >= 11 is 1.22. The Morgan fingerprint density at radius 3 is 2.59 bits per heavy atom. The molecule has 4 rings (SSSR count). The average Bonchev–Trinajstić information content (AvgIpc) is 2.87. The number of amidine groups is 1. The number of hydrogen-bond donors (Lipinski definition) is 3. The zero-order chi connectivity index (χ0) is 23.9. The molecule has 1 atom stereocenters. The predicted molar refractivity (Wildman–Crippen MR) is 129 cm³/mol. The fourth-order valence-corrected chi connectivity index (χ4v) is 4.20. The van der Waals surface area contributed by atoms with Gasteiger partial charge in [0.05, 0.1) is 10.6 Å². The van der Waals surface area contributed by atoms with Gasteiger partial charge >= 0.3 is 0 Å². The van der Waals surface area contributed by atoms with Crippen LogP contribution < -0.4 is 24.8 Å². The Balaban J connectivity index is 1.51. The van der Waals surface area contributed by atoms with Crippen molar-refractivity contribution in [3.63, 3.8) is 0 Å². The Kier molecular flexibility index (Phi) is 7.69. The van der Waals surface area contributed by atoms with Crippen LogP contribution in [0.3, 0.4) is 0 Å². The second-order valence-corrected chi connectivity index (χ2v) is 8.67. The van der Waals surface area contributed by atoms with Gasteiger partial charge in [-0.05, 0) is 23.9 Å². The molecule has 0 fully saturated rings. The van der Waals surface area contributed by atoms with Crippen LogP contribution in [-0.4, -0.2) is 49.2 Å². The van der Waals surface area contributed by atoms with E-state index in [2.05, 4.69) is 20.3 Å². The van der Waals surface area contributed by atoms with E-state index in [1.807, 2.05) is 43.3 Å². The van der Waals surface area contributed by atoms with Crippen LogP contribution in [0.1, 0.15) is 25.3 Å². The summed E-state index contributed by atoms with van der Waals surface area (Å²) < 4.78 is 14.1. The lowest BCUT2D eigenvalue weighted by molar-refractivity contribution is -0.139. The highest BCUT2D eigenvalue weighted by Crippen LogP contribution is 2.41. The minimum atomic E-state index is -1.03. The zero-order valence-corrected chi connectivity index (χ0v) is 19.6. The highest BCUT2D eigenvalue weighted by Gasteiger charge is 2.30. The van der Waals surface area contributed by atoms with Crippen LogP contribution in [0, 0.1) is 0 Å². The van der Waals surface area contributed by atoms with Crippen LogP contribution in [-0.2, 0) is 20.8 Å². The van der Waals surface area contributed by atoms with E-state index in [1.165, 1.54) is 11.9 Å². The molecule has 0 saturated heterocycles. The van der Waals surface area contributed by atoms with E-state index in [0.29, 0.717) is 36.9 Å². The number of hydrogen-bond acceptors (Lipinski definition) is 8. The number of nitrogens with zero attached hydrogens (tertiary/aromatic N) is 1. The van der Waals surface area contributed by atoms with Gasteiger partial charge in [0.1, 0.15) is 19.3 Å². The number of nitrogens with one attached hydrogen (secondary N) is 3. The van der Waals surface area contributed by atoms with Crippen molar-refractivity contribution in [1.29, 1.82) is 0 Å². The normalized spacial score (nSPS) is 14.7. The highest BCUT2D eigenvalue weighted by atomic mass is 32.2. The molecule has 9 nitrogen and oxygen atoms in total. The fourth-order valence-electron chi connectivity index (χ4n) is 3.48. The second-order valence-electron chi connectivity index (χ2n) is 7.82. The zero-order valence-electron chi connectivity index (χ0n) is 18.8. The summed E-state index contributed by atoms with van der Waals surface area (Å²) in [4.78, 5) is 43.5. The fraction of sp³-hybridized carbons (Fsp3) is 0.333. The maximum atomic E-state index is 13.0. The first-order valence-electron chi connectivity index (χ1n) is 11.2. The Labute approximate surface area is 201 Å². The molecule has 2 amide bonds. The number of rotatable bonds is 9. The second kappa shape index (κ2) is 11.1. The standard InChI is InChI=1S/C24H26N4O5S/c1-2-3-9-25-23(30)21(29)17(12-15-7-5-4-6-8-15)27-24(31)22-26-16-13-18-19(33-11-10-32-18)14-20(16)34-28-22/h4-8,13-14,17H,2-3,9-12H2,1H3,(H,25,30)(H,26,28)(H,27,31)/t17-/m0/s1. The molecule has 178 valence electrons. The van der Waals surface area contributed by atoms with Crippen LogP contribution in [0.4, 0.5) is 5.69 Å². The van der Waals surface area contributed by atoms with E-state index in [-0.39, 0.29) is 12.3 Å². The van der Waals surface area contributed by atoms with Crippen molar-refractivity contribution >= 4 is 41.1 Å². The van der Waals surface area contributed by atoms with Gasteiger partial charge in [-0.3, -0.25) is 14.4 Å². The molecule has 2 heterocycles. The van der Waals surface area contributed by atoms with Crippen molar-refractivity contribution in [1.82, 2.24) is 15.4 Å². The summed E-state index contributed by atoms with van der Waals surface area (Å²) in [5.41, 5.74) is 1.38. The van der Waals surface area contributed by atoms with E-state index in [9.17, 15) is 14.4 Å². The average molecular weight is 483 g/mol. The molecule has 0 radical (unpaired) electrons. The first-order valence-corrected chi connectivity index (χ1v) is 12.0. The van der Waals surface area contributed by atoms with Crippen molar-refractivity contribution in [2.24, 2.45) is 4.99 Å². The molecular formula is C24H26N4O5S. The lowest BCUT2D eigenvalue weighted by atomic mass is 10.0. The topological polar surface area (TPSA) is 118 Å². The summed E-state index contributed by atoms with van der Waals surface area (Å²) in [6.45, 7) is 3.32. The number of aliphatic imine (C=N–C) groups is 1. The number of amides is 2. The van der Waals surface area contributed by atoms with Crippen molar-refractivity contribution in [3.8, 4) is 11.5 Å². The molecule has 2 aromatic carbocycles. The van der Waals surface area contributed by atoms with Crippen LogP contribution in [0.2, 0.25) is 0 Å². The molecule has 0 aliphatic carbocycles. The number of Topliss-reactive ketones (excluding diaryl/α,β-unsaturated/α-hetero) is 1. The minimum Gasteiger partial charge on any atom is -0.486 e. The molecule has 3 N–H and O–H groups in total. The maximum Gasteiger partial charge on any atom is 0.289 e. The highest BCUT2D eigenvalue weighted by molar-refractivity contribution is 7.98. The number of carbonyl (C=O) groups is 3. The van der Waals surface area contributed by atoms with Gasteiger partial charge in [0.2, 0.25) is 11.6 Å². The smallest absolute Gasteiger partial charge is 0.289 e. The van der Waals surface area contributed by atoms with E-state index < -0.39 is 23.6 Å². The Morgan fingerprint density at radius 1 is 1.12 bits per heavy atom. The van der Waals surface area contributed by atoms with Crippen LogP contribution >= 0.6 is 11.9 Å². The first kappa shape index (κ1) is 23.6. The largest absolute Gasteiger partial charge is 0.486 e. The number of ketones is 1. The summed E-state index contributed by atoms with van der Waals surface area (Å²) in [7, 11) is 0. The Morgan fingerprint density at radius 2 is 1.85 bits per heavy atom. The molecule has 10 heteroatoms. The van der Waals surface area contributed by atoms with Gasteiger partial charge in [0.15, 0.2) is 11.5 Å². The van der Waals surface area contributed by atoms with Gasteiger partial charge in [-0.25, -0.2) is 4.99 Å². The number of ether oxygens (including phenoxy) is 2. The monoisotopic (exact) mass is 482 g/mol. The summed E-state index contributed by atoms with van der Waals surface area (Å²) in [5, 5.41) is 5.32. The summed E-state index contributed by atoms with van der Waals surface area (Å²) in [6, 6.07) is 11.7. The molecule has 0 spiro atoms. The van der Waals surface area contributed by atoms with Gasteiger partial charge in [-0.1, -0.05) is 43.7 Å². The molecule has 2 aliphatic heterocycles. The van der Waals surface area contributed by atoms with E-state index in [4.69, 9.17) is 9.47 Å². The van der Waals surface area contributed by atoms with Crippen molar-refractivity contribution in [2.45, 2.75) is 37.1 Å². The number of carbonyl (C=O) groups excluding carboxylic acids is 3. The van der Waals surface area contributed by atoms with Gasteiger partial charge in [0, 0.05) is 25.1 Å². The van der Waals surface area contributed by atoms with Gasteiger partial charge < -0.3 is 24.8 Å². The maximum absolute atomic E-state index is 13.0. The van der Waals surface area contributed by atoms with Crippen LogP contribution in [0.5, 0.6) is 11.5 Å². The van der Waals surface area contributed by atoms with E-state index in [0.717, 1.165) is 23.3 Å².